The van der Waals surface area contributed by atoms with Gasteiger partial charge in [-0.2, -0.15) is 5.10 Å². The number of fused-ring (bicyclic) bond motifs is 2. The molecule has 32 heavy (non-hydrogen) atoms. The standard InChI is InChI=1S/C25H19N5O2/c1-29-14-18-10-9-17(12-20(18)28-29)23-24-27-21(13-19-8-5-11-32-19)25(31)30(24)15-22(26-23)16-6-3-2-4-7-16/h2-12,14-15,26H,13H2,1H3. The fourth-order valence-electron chi connectivity index (χ4n) is 4.07. The summed E-state index contributed by atoms with van der Waals surface area (Å²) in [7, 11) is 1.90. The van der Waals surface area contributed by atoms with Crippen LogP contribution in [-0.2, 0) is 13.5 Å². The van der Waals surface area contributed by atoms with E-state index in [1.807, 2.05) is 80.1 Å². The first-order valence-corrected chi connectivity index (χ1v) is 10.3. The summed E-state index contributed by atoms with van der Waals surface area (Å²) < 4.78 is 8.85. The van der Waals surface area contributed by atoms with E-state index in [0.29, 0.717) is 23.7 Å². The molecule has 0 bridgehead atoms. The molecule has 7 nitrogen and oxygen atoms in total. The minimum absolute atomic E-state index is 0.150. The number of hydrogen-bond acceptors (Lipinski definition) is 4. The van der Waals surface area contributed by atoms with Gasteiger partial charge in [0.15, 0.2) is 5.82 Å². The van der Waals surface area contributed by atoms with Gasteiger partial charge >= 0.3 is 0 Å². The van der Waals surface area contributed by atoms with Crippen molar-refractivity contribution < 1.29 is 4.42 Å². The molecule has 6 rings (SSSR count). The van der Waals surface area contributed by atoms with Crippen molar-refractivity contribution in [1.82, 2.24) is 24.3 Å². The summed E-state index contributed by atoms with van der Waals surface area (Å²) >= 11 is 0. The van der Waals surface area contributed by atoms with Gasteiger partial charge in [0.05, 0.1) is 29.6 Å². The molecule has 0 aliphatic carbocycles. The summed E-state index contributed by atoms with van der Waals surface area (Å²) in [4.78, 5) is 21.5. The van der Waals surface area contributed by atoms with Crippen molar-refractivity contribution in [3.8, 4) is 28.3 Å². The fourth-order valence-corrected chi connectivity index (χ4v) is 4.07. The predicted molar refractivity (Wildman–Crippen MR) is 122 cm³/mol. The zero-order chi connectivity index (χ0) is 21.7. The van der Waals surface area contributed by atoms with Gasteiger partial charge in [-0.25, -0.2) is 4.98 Å². The second kappa shape index (κ2) is 7.09. The van der Waals surface area contributed by atoms with Crippen LogP contribution in [-0.4, -0.2) is 24.3 Å². The Morgan fingerprint density at radius 1 is 1.00 bits per heavy atom. The lowest BCUT2D eigenvalue weighted by atomic mass is 10.1. The largest absolute Gasteiger partial charge is 0.469 e. The first-order valence-electron chi connectivity index (χ1n) is 10.3. The summed E-state index contributed by atoms with van der Waals surface area (Å²) in [6, 6.07) is 19.7. The number of furan rings is 1. The summed E-state index contributed by atoms with van der Waals surface area (Å²) in [5, 5.41) is 5.59. The van der Waals surface area contributed by atoms with Gasteiger partial charge in [-0.1, -0.05) is 42.5 Å². The number of benzene rings is 2. The molecule has 0 spiro atoms. The number of aromatic nitrogens is 5. The molecule has 2 aromatic carbocycles. The number of nitrogens with zero attached hydrogens (tertiary/aromatic N) is 4. The molecule has 1 N–H and O–H groups in total. The average Bonchev–Trinajstić information content (AvgIpc) is 3.53. The number of hydrogen-bond donors (Lipinski definition) is 1. The smallest absolute Gasteiger partial charge is 0.278 e. The third-order valence-corrected chi connectivity index (χ3v) is 5.59. The van der Waals surface area contributed by atoms with E-state index >= 15 is 0 Å². The van der Waals surface area contributed by atoms with Gasteiger partial charge in [0.2, 0.25) is 0 Å². The highest BCUT2D eigenvalue weighted by atomic mass is 16.3. The van der Waals surface area contributed by atoms with Crippen LogP contribution < -0.4 is 5.56 Å². The summed E-state index contributed by atoms with van der Waals surface area (Å²) in [5.74, 6) is 1.28. The van der Waals surface area contributed by atoms with Crippen molar-refractivity contribution in [1.29, 1.82) is 0 Å². The average molecular weight is 421 g/mol. The predicted octanol–water partition coefficient (Wildman–Crippen LogP) is 4.40. The van der Waals surface area contributed by atoms with Crippen molar-refractivity contribution in [3.05, 3.63) is 101 Å². The molecule has 2 aliphatic heterocycles. The Morgan fingerprint density at radius 2 is 1.88 bits per heavy atom. The van der Waals surface area contributed by atoms with Gasteiger partial charge in [0.1, 0.15) is 11.5 Å². The van der Waals surface area contributed by atoms with E-state index in [0.717, 1.165) is 33.4 Å². The van der Waals surface area contributed by atoms with Crippen molar-refractivity contribution >= 4 is 10.9 Å². The van der Waals surface area contributed by atoms with Crippen molar-refractivity contribution in [2.75, 3.05) is 0 Å². The molecule has 0 unspecified atom stereocenters. The van der Waals surface area contributed by atoms with E-state index in [1.165, 1.54) is 0 Å². The maximum Gasteiger partial charge on any atom is 0.278 e. The molecule has 0 amide bonds. The van der Waals surface area contributed by atoms with E-state index in [2.05, 4.69) is 10.1 Å². The van der Waals surface area contributed by atoms with Crippen LogP contribution in [0.3, 0.4) is 0 Å². The number of nitrogens with one attached hydrogen (secondary N) is 1. The van der Waals surface area contributed by atoms with Gasteiger partial charge in [0.25, 0.3) is 5.56 Å². The number of aryl methyl sites for hydroxylation is 1. The normalized spacial score (nSPS) is 11.5. The van der Waals surface area contributed by atoms with Crippen molar-refractivity contribution in [3.63, 3.8) is 0 Å². The quantitative estimate of drug-likeness (QED) is 0.457. The van der Waals surface area contributed by atoms with Gasteiger partial charge in [-0.15, -0.1) is 0 Å². The minimum Gasteiger partial charge on any atom is -0.469 e. The van der Waals surface area contributed by atoms with E-state index in [4.69, 9.17) is 9.40 Å². The van der Waals surface area contributed by atoms with Crippen LogP contribution in [0.4, 0.5) is 0 Å². The molecule has 2 aliphatic rings. The highest BCUT2D eigenvalue weighted by Gasteiger charge is 2.22. The van der Waals surface area contributed by atoms with Gasteiger partial charge < -0.3 is 9.40 Å². The molecule has 2 aromatic heterocycles. The Kier molecular flexibility index (Phi) is 4.07. The van der Waals surface area contributed by atoms with Gasteiger partial charge in [0, 0.05) is 30.4 Å². The number of rotatable bonds is 4. The lowest BCUT2D eigenvalue weighted by Crippen LogP contribution is -2.16. The second-order valence-corrected chi connectivity index (χ2v) is 7.80. The molecule has 0 fully saturated rings. The summed E-state index contributed by atoms with van der Waals surface area (Å²) in [6.07, 6.45) is 5.73. The zero-order valence-electron chi connectivity index (χ0n) is 17.3. The van der Waals surface area contributed by atoms with Gasteiger partial charge in [-0.05, 0) is 23.8 Å². The van der Waals surface area contributed by atoms with Crippen LogP contribution in [0, 0.1) is 0 Å². The maximum atomic E-state index is 13.3. The molecule has 156 valence electrons. The SMILES string of the molecule is Cn1cc2ccc(-c3[nH]c(-c4ccccc4)cn4c(=O)c(Cc5ccco5)nc3-4)cc2n1. The monoisotopic (exact) mass is 421 g/mol. The highest BCUT2D eigenvalue weighted by Crippen LogP contribution is 2.30. The Bertz CT molecular complexity index is 1570. The van der Waals surface area contributed by atoms with E-state index in [-0.39, 0.29) is 5.56 Å². The number of aromatic amines is 1. The highest BCUT2D eigenvalue weighted by molar-refractivity contribution is 5.85. The molecule has 4 heterocycles. The van der Waals surface area contributed by atoms with Crippen LogP contribution in [0.2, 0.25) is 0 Å². The van der Waals surface area contributed by atoms with Gasteiger partial charge in [-0.3, -0.25) is 14.0 Å². The molecule has 7 heteroatoms. The molecule has 0 radical (unpaired) electrons. The third kappa shape index (κ3) is 3.02. The molecule has 0 atom stereocenters. The molecule has 4 aromatic rings. The first kappa shape index (κ1) is 18.4. The lowest BCUT2D eigenvalue weighted by molar-refractivity contribution is 0.519. The van der Waals surface area contributed by atoms with Crippen molar-refractivity contribution in [2.45, 2.75) is 6.42 Å². The van der Waals surface area contributed by atoms with Crippen LogP contribution in [0.25, 0.3) is 39.2 Å². The summed E-state index contributed by atoms with van der Waals surface area (Å²) in [6.45, 7) is 0. The zero-order valence-corrected chi connectivity index (χ0v) is 17.3. The van der Waals surface area contributed by atoms with E-state index in [9.17, 15) is 4.79 Å². The Morgan fingerprint density at radius 3 is 2.69 bits per heavy atom. The Labute approximate surface area is 182 Å². The lowest BCUT2D eigenvalue weighted by Gasteiger charge is -2.13. The molecular formula is C25H19N5O2. The number of H-pyrrole nitrogens is 1. The van der Waals surface area contributed by atoms with E-state index in [1.54, 1.807) is 15.5 Å². The Balaban J connectivity index is 1.59. The van der Waals surface area contributed by atoms with Crippen molar-refractivity contribution in [2.24, 2.45) is 7.05 Å². The first-order chi connectivity index (χ1) is 15.7. The third-order valence-electron chi connectivity index (χ3n) is 5.59. The minimum atomic E-state index is -0.150. The maximum absolute atomic E-state index is 13.3. The molecule has 0 saturated heterocycles. The van der Waals surface area contributed by atoms with Crippen LogP contribution in [0.5, 0.6) is 0 Å². The van der Waals surface area contributed by atoms with Crippen LogP contribution in [0.15, 0.2) is 88.5 Å². The molecule has 0 saturated carbocycles. The topological polar surface area (TPSA) is 81.6 Å². The van der Waals surface area contributed by atoms with Crippen LogP contribution in [0.1, 0.15) is 11.5 Å². The Hall–Kier alpha value is -4.39. The van der Waals surface area contributed by atoms with Crippen LogP contribution >= 0.6 is 0 Å². The summed E-state index contributed by atoms with van der Waals surface area (Å²) in [5.41, 5.74) is 4.66. The molecular weight excluding hydrogens is 402 g/mol. The number of imidazole rings is 1. The van der Waals surface area contributed by atoms with E-state index < -0.39 is 0 Å². The fraction of sp³-hybridized carbons (Fsp3) is 0.0800. The second-order valence-electron chi connectivity index (χ2n) is 7.80.